The fraction of sp³-hybridized carbons (Fsp3) is 0.500. The van der Waals surface area contributed by atoms with Gasteiger partial charge in [-0.1, -0.05) is 6.92 Å². The molecule has 6 nitrogen and oxygen atoms in total. The largest absolute Gasteiger partial charge is 0.497 e. The number of carbonyl (C=O) groups is 1. The molecule has 2 atom stereocenters. The number of nitrogens with one attached hydrogen (secondary N) is 1. The highest BCUT2D eigenvalue weighted by atomic mass is 16.5. The Balaban J connectivity index is 1.65. The van der Waals surface area contributed by atoms with Crippen molar-refractivity contribution in [3.05, 3.63) is 58.3 Å². The average Bonchev–Trinajstić information content (AvgIpc) is 3.54. The van der Waals surface area contributed by atoms with Crippen LogP contribution in [0.5, 0.6) is 0 Å². The second-order valence-corrected chi connectivity index (χ2v) is 8.44. The molecule has 0 radical (unpaired) electrons. The monoisotopic (exact) mass is 409 g/mol. The van der Waals surface area contributed by atoms with E-state index in [0.29, 0.717) is 24.7 Å². The van der Waals surface area contributed by atoms with E-state index in [-0.39, 0.29) is 12.0 Å². The fourth-order valence-corrected chi connectivity index (χ4v) is 4.71. The van der Waals surface area contributed by atoms with E-state index in [1.807, 2.05) is 29.6 Å². The maximum absolute atomic E-state index is 13.4. The number of ketones is 1. The average molecular weight is 410 g/mol. The highest BCUT2D eigenvalue weighted by Gasteiger charge is 2.34. The number of Topliss-reactive ketones (excluding diaryl/α,β-unsaturated/α-hetero) is 1. The highest BCUT2D eigenvalue weighted by Crippen LogP contribution is 2.44. The number of ether oxygens (including phenoxy) is 2. The maximum Gasteiger partial charge on any atom is 0.165 e. The normalized spacial score (nSPS) is 20.2. The molecule has 2 aromatic heterocycles. The highest BCUT2D eigenvalue weighted by molar-refractivity contribution is 6.04. The summed E-state index contributed by atoms with van der Waals surface area (Å²) < 4.78 is 13.1. The Hall–Kier alpha value is -2.60. The van der Waals surface area contributed by atoms with Crippen molar-refractivity contribution >= 4 is 11.3 Å². The summed E-state index contributed by atoms with van der Waals surface area (Å²) in [6.07, 6.45) is 6.95. The Kier molecular flexibility index (Phi) is 5.69. The number of dihydropyridines is 1. The number of carbonyl (C=O) groups excluding carboxylic acids is 1. The van der Waals surface area contributed by atoms with Crippen LogP contribution in [0.15, 0.2) is 41.4 Å². The Bertz CT molecular complexity index is 1030. The zero-order valence-electron chi connectivity index (χ0n) is 18.5. The molecule has 0 bridgehead atoms. The molecule has 2 unspecified atom stereocenters. The van der Waals surface area contributed by atoms with Gasteiger partial charge in [0.25, 0.3) is 0 Å². The molecule has 2 aromatic rings. The third-order valence-corrected chi connectivity index (χ3v) is 6.45. The quantitative estimate of drug-likeness (QED) is 0.651. The zero-order chi connectivity index (χ0) is 21.4. The Morgan fingerprint density at radius 3 is 2.77 bits per heavy atom. The number of methoxy groups -OCH3 is 2. The number of rotatable bonds is 8. The topological polar surface area (TPSA) is 64.9 Å². The summed E-state index contributed by atoms with van der Waals surface area (Å²) in [7, 11) is 3.32. The van der Waals surface area contributed by atoms with E-state index in [4.69, 9.17) is 9.47 Å². The van der Waals surface area contributed by atoms with Crippen molar-refractivity contribution in [3.8, 4) is 0 Å². The number of aromatic nitrogens is 2. The molecule has 0 amide bonds. The van der Waals surface area contributed by atoms with Gasteiger partial charge >= 0.3 is 0 Å². The van der Waals surface area contributed by atoms with Gasteiger partial charge in [0.2, 0.25) is 0 Å². The van der Waals surface area contributed by atoms with Crippen LogP contribution < -0.4 is 5.32 Å². The lowest BCUT2D eigenvalue weighted by Crippen LogP contribution is -2.35. The summed E-state index contributed by atoms with van der Waals surface area (Å²) in [5.41, 5.74) is 5.90. The third kappa shape index (κ3) is 3.65. The van der Waals surface area contributed by atoms with Crippen LogP contribution in [-0.4, -0.2) is 35.8 Å². The van der Waals surface area contributed by atoms with Crippen molar-refractivity contribution in [3.63, 3.8) is 0 Å². The van der Waals surface area contributed by atoms with Gasteiger partial charge in [0.05, 0.1) is 12.6 Å². The lowest BCUT2D eigenvalue weighted by molar-refractivity contribution is 0.0933. The summed E-state index contributed by atoms with van der Waals surface area (Å²) in [5.74, 6) is 2.02. The Morgan fingerprint density at radius 1 is 1.33 bits per heavy atom. The molecule has 1 aliphatic heterocycles. The molecule has 1 aliphatic carbocycles. The SMILES string of the molecule is COC1=C(CCC(=O)c2c(C)c(C(C)C3CC3)n3ncccc23)C(OC)NC(C)=C1. The molecule has 0 saturated heterocycles. The molecule has 2 aliphatic rings. The standard InChI is InChI=1S/C24H31N3O3/c1-14-13-21(29-4)18(24(26-14)30-5)10-11-20(28)22-16(3)23(15(2)17-8-9-17)27-19(22)7-6-12-25-27/h6-7,12-13,15,17,24,26H,8-11H2,1-5H3. The molecule has 0 aromatic carbocycles. The van der Waals surface area contributed by atoms with Crippen LogP contribution in [0.2, 0.25) is 0 Å². The molecule has 4 rings (SSSR count). The van der Waals surface area contributed by atoms with Crippen LogP contribution in [-0.2, 0) is 9.47 Å². The second-order valence-electron chi connectivity index (χ2n) is 8.44. The first-order valence-electron chi connectivity index (χ1n) is 10.7. The number of fused-ring (bicyclic) bond motifs is 1. The van der Waals surface area contributed by atoms with Crippen molar-refractivity contribution in [2.75, 3.05) is 14.2 Å². The maximum atomic E-state index is 13.4. The molecule has 160 valence electrons. The number of hydrogen-bond donors (Lipinski definition) is 1. The first-order valence-corrected chi connectivity index (χ1v) is 10.7. The molecule has 6 heteroatoms. The van der Waals surface area contributed by atoms with E-state index in [1.165, 1.54) is 18.5 Å². The van der Waals surface area contributed by atoms with Crippen LogP contribution >= 0.6 is 0 Å². The summed E-state index contributed by atoms with van der Waals surface area (Å²) in [6.45, 7) is 6.30. The third-order valence-electron chi connectivity index (χ3n) is 6.45. The van der Waals surface area contributed by atoms with Gasteiger partial charge in [0, 0.05) is 48.2 Å². The van der Waals surface area contributed by atoms with Gasteiger partial charge in [-0.3, -0.25) is 4.79 Å². The molecular weight excluding hydrogens is 378 g/mol. The lowest BCUT2D eigenvalue weighted by atomic mass is 9.94. The van der Waals surface area contributed by atoms with Gasteiger partial charge < -0.3 is 14.8 Å². The van der Waals surface area contributed by atoms with Crippen molar-refractivity contribution in [2.24, 2.45) is 5.92 Å². The van der Waals surface area contributed by atoms with Gasteiger partial charge in [-0.05, 0) is 62.8 Å². The van der Waals surface area contributed by atoms with E-state index in [1.54, 1.807) is 20.4 Å². The van der Waals surface area contributed by atoms with Crippen molar-refractivity contribution < 1.29 is 14.3 Å². The minimum absolute atomic E-state index is 0.135. The molecule has 0 spiro atoms. The molecule has 1 N–H and O–H groups in total. The lowest BCUT2D eigenvalue weighted by Gasteiger charge is -2.27. The predicted molar refractivity (Wildman–Crippen MR) is 116 cm³/mol. The van der Waals surface area contributed by atoms with Gasteiger partial charge in [0.15, 0.2) is 12.0 Å². The van der Waals surface area contributed by atoms with Crippen LogP contribution in [0.25, 0.3) is 5.52 Å². The molecule has 1 saturated carbocycles. The Morgan fingerprint density at radius 2 is 2.10 bits per heavy atom. The first kappa shape index (κ1) is 20.7. The van der Waals surface area contributed by atoms with Crippen molar-refractivity contribution in [1.29, 1.82) is 0 Å². The molecule has 30 heavy (non-hydrogen) atoms. The van der Waals surface area contributed by atoms with Crippen LogP contribution in [0, 0.1) is 12.8 Å². The smallest absolute Gasteiger partial charge is 0.165 e. The predicted octanol–water partition coefficient (Wildman–Crippen LogP) is 4.50. The van der Waals surface area contributed by atoms with Gasteiger partial charge in [-0.2, -0.15) is 5.10 Å². The fourth-order valence-electron chi connectivity index (χ4n) is 4.71. The number of hydrogen-bond acceptors (Lipinski definition) is 5. The molecule has 3 heterocycles. The summed E-state index contributed by atoms with van der Waals surface area (Å²) in [6, 6.07) is 3.91. The summed E-state index contributed by atoms with van der Waals surface area (Å²) in [4.78, 5) is 13.4. The number of nitrogens with zero attached hydrogens (tertiary/aromatic N) is 2. The molecule has 1 fully saturated rings. The van der Waals surface area contributed by atoms with Crippen molar-refractivity contribution in [2.45, 2.75) is 58.6 Å². The van der Waals surface area contributed by atoms with Gasteiger partial charge in [-0.25, -0.2) is 4.52 Å². The number of allylic oxidation sites excluding steroid dienone is 2. The van der Waals surface area contributed by atoms with Gasteiger partial charge in [0.1, 0.15) is 5.76 Å². The second kappa shape index (κ2) is 8.26. The first-order chi connectivity index (χ1) is 14.5. The summed E-state index contributed by atoms with van der Waals surface area (Å²) in [5, 5.41) is 7.88. The van der Waals surface area contributed by atoms with Crippen LogP contribution in [0.4, 0.5) is 0 Å². The molecular formula is C24H31N3O3. The zero-order valence-corrected chi connectivity index (χ0v) is 18.5. The van der Waals surface area contributed by atoms with Crippen LogP contribution in [0.3, 0.4) is 0 Å². The van der Waals surface area contributed by atoms with Gasteiger partial charge in [-0.15, -0.1) is 0 Å². The minimum atomic E-state index is -0.281. The van der Waals surface area contributed by atoms with E-state index >= 15 is 0 Å². The van der Waals surface area contributed by atoms with E-state index in [9.17, 15) is 4.79 Å². The van der Waals surface area contributed by atoms with E-state index in [2.05, 4.69) is 24.3 Å². The van der Waals surface area contributed by atoms with E-state index in [0.717, 1.165) is 33.7 Å². The van der Waals surface area contributed by atoms with Crippen molar-refractivity contribution in [1.82, 2.24) is 14.9 Å². The Labute approximate surface area is 177 Å². The van der Waals surface area contributed by atoms with Crippen LogP contribution in [0.1, 0.15) is 67.1 Å². The summed E-state index contributed by atoms with van der Waals surface area (Å²) >= 11 is 0. The minimum Gasteiger partial charge on any atom is -0.497 e. The van der Waals surface area contributed by atoms with E-state index < -0.39 is 0 Å².